The van der Waals surface area contributed by atoms with E-state index in [1.165, 1.54) is 64.0 Å². The van der Waals surface area contributed by atoms with Crippen molar-refractivity contribution in [2.24, 2.45) is 0 Å². The third-order valence-electron chi connectivity index (χ3n) is 6.66. The van der Waals surface area contributed by atoms with Gasteiger partial charge in [0.1, 0.15) is 0 Å². The van der Waals surface area contributed by atoms with Crippen molar-refractivity contribution in [1.29, 1.82) is 0 Å². The van der Waals surface area contributed by atoms with E-state index in [2.05, 4.69) is 121 Å². The number of fused-ring (bicyclic) bond motifs is 6. The fraction of sp³-hybridized carbons (Fsp3) is 0. The highest BCUT2D eigenvalue weighted by molar-refractivity contribution is 7.26. The molecule has 0 aliphatic rings. The number of hydrogen-bond donors (Lipinski definition) is 0. The molecule has 0 radical (unpaired) electrons. The summed E-state index contributed by atoms with van der Waals surface area (Å²) in [6.07, 6.45) is 0. The van der Waals surface area contributed by atoms with Crippen molar-refractivity contribution in [3.8, 4) is 22.3 Å². The number of thiophene rings is 1. The van der Waals surface area contributed by atoms with Crippen LogP contribution in [-0.2, 0) is 0 Å². The molecule has 1 heteroatoms. The van der Waals surface area contributed by atoms with Gasteiger partial charge in [-0.3, -0.25) is 0 Å². The van der Waals surface area contributed by atoms with Gasteiger partial charge in [-0.1, -0.05) is 109 Å². The maximum atomic E-state index is 2.33. The van der Waals surface area contributed by atoms with Crippen LogP contribution in [-0.4, -0.2) is 0 Å². The first-order valence-corrected chi connectivity index (χ1v) is 12.1. The van der Waals surface area contributed by atoms with E-state index in [9.17, 15) is 0 Å². The molecule has 7 aromatic rings. The van der Waals surface area contributed by atoms with Crippen molar-refractivity contribution in [3.05, 3.63) is 121 Å². The molecule has 0 nitrogen and oxygen atoms in total. The van der Waals surface area contributed by atoms with Gasteiger partial charge in [0, 0.05) is 20.2 Å². The molecular formula is C32H20S. The lowest BCUT2D eigenvalue weighted by atomic mass is 9.92. The van der Waals surface area contributed by atoms with Gasteiger partial charge in [-0.05, 0) is 55.9 Å². The maximum Gasteiger partial charge on any atom is 0.0440 e. The molecule has 7 rings (SSSR count). The van der Waals surface area contributed by atoms with Crippen molar-refractivity contribution in [2.75, 3.05) is 0 Å². The van der Waals surface area contributed by atoms with E-state index in [0.29, 0.717) is 0 Å². The van der Waals surface area contributed by atoms with Gasteiger partial charge in [-0.15, -0.1) is 11.3 Å². The molecule has 0 saturated carbocycles. The Morgan fingerprint density at radius 2 is 1.12 bits per heavy atom. The molecule has 0 spiro atoms. The molecule has 6 aromatic carbocycles. The molecule has 0 amide bonds. The van der Waals surface area contributed by atoms with Crippen molar-refractivity contribution in [1.82, 2.24) is 0 Å². The predicted octanol–water partition coefficient (Wildman–Crippen LogP) is 9.69. The smallest absolute Gasteiger partial charge is 0.0440 e. The third-order valence-corrected chi connectivity index (χ3v) is 7.84. The number of benzene rings is 6. The second kappa shape index (κ2) is 7.30. The van der Waals surface area contributed by atoms with Crippen molar-refractivity contribution in [3.63, 3.8) is 0 Å². The predicted molar refractivity (Wildman–Crippen MR) is 145 cm³/mol. The summed E-state index contributed by atoms with van der Waals surface area (Å²) in [6, 6.07) is 44.2. The minimum Gasteiger partial charge on any atom is -0.134 e. The Hall–Kier alpha value is -3.94. The van der Waals surface area contributed by atoms with Gasteiger partial charge in [0.05, 0.1) is 0 Å². The number of rotatable bonds is 2. The molecule has 0 saturated heterocycles. The second-order valence-electron chi connectivity index (χ2n) is 8.55. The van der Waals surface area contributed by atoms with Crippen LogP contribution in [0.2, 0.25) is 0 Å². The topological polar surface area (TPSA) is 0 Å². The van der Waals surface area contributed by atoms with Crippen LogP contribution in [0.1, 0.15) is 0 Å². The molecule has 0 fully saturated rings. The summed E-state index contributed by atoms with van der Waals surface area (Å²) in [5.41, 5.74) is 5.15. The monoisotopic (exact) mass is 436 g/mol. The number of hydrogen-bond acceptors (Lipinski definition) is 1. The fourth-order valence-corrected chi connectivity index (χ4v) is 6.36. The van der Waals surface area contributed by atoms with E-state index in [1.54, 1.807) is 0 Å². The first-order valence-electron chi connectivity index (χ1n) is 11.3. The molecule has 0 aliphatic heterocycles. The molecular weight excluding hydrogens is 416 g/mol. The third kappa shape index (κ3) is 2.90. The van der Waals surface area contributed by atoms with E-state index >= 15 is 0 Å². The van der Waals surface area contributed by atoms with E-state index in [-0.39, 0.29) is 0 Å². The van der Waals surface area contributed by atoms with Crippen molar-refractivity contribution >= 4 is 53.1 Å². The summed E-state index contributed by atoms with van der Waals surface area (Å²) >= 11 is 1.91. The highest BCUT2D eigenvalue weighted by Crippen LogP contribution is 2.47. The summed E-state index contributed by atoms with van der Waals surface area (Å²) in [6.45, 7) is 0. The highest BCUT2D eigenvalue weighted by atomic mass is 32.1. The van der Waals surface area contributed by atoms with Gasteiger partial charge in [-0.25, -0.2) is 0 Å². The zero-order valence-corrected chi connectivity index (χ0v) is 18.8. The zero-order valence-electron chi connectivity index (χ0n) is 18.0. The molecule has 0 bridgehead atoms. The molecule has 1 heterocycles. The Morgan fingerprint density at radius 1 is 0.424 bits per heavy atom. The van der Waals surface area contributed by atoms with Crippen molar-refractivity contribution in [2.45, 2.75) is 0 Å². The molecule has 0 unspecified atom stereocenters. The molecule has 1 aromatic heterocycles. The molecule has 0 atom stereocenters. The fourth-order valence-electron chi connectivity index (χ4n) is 5.08. The average molecular weight is 437 g/mol. The summed E-state index contributed by atoms with van der Waals surface area (Å²) in [5, 5.41) is 7.91. The Kier molecular flexibility index (Phi) is 4.12. The van der Waals surface area contributed by atoms with E-state index in [4.69, 9.17) is 0 Å². The minimum atomic E-state index is 1.27. The minimum absolute atomic E-state index is 1.27. The van der Waals surface area contributed by atoms with Gasteiger partial charge in [0.2, 0.25) is 0 Å². The van der Waals surface area contributed by atoms with Crippen LogP contribution >= 0.6 is 11.3 Å². The molecule has 154 valence electrons. The van der Waals surface area contributed by atoms with Gasteiger partial charge in [0.25, 0.3) is 0 Å². The standard InChI is InChI=1S/C32H20S/c1-2-9-22(10-3-1)28-18-17-27(25-15-14-21-8-4-5-12-24(21)20-25)31-30-26-13-7-6-11-23(26)16-19-29(30)33-32(28)31/h1-20H. The summed E-state index contributed by atoms with van der Waals surface area (Å²) in [4.78, 5) is 0. The normalized spacial score (nSPS) is 11.6. The largest absolute Gasteiger partial charge is 0.134 e. The quantitative estimate of drug-likeness (QED) is 0.253. The van der Waals surface area contributed by atoms with Crippen LogP contribution in [0.5, 0.6) is 0 Å². The zero-order chi connectivity index (χ0) is 21.8. The van der Waals surface area contributed by atoms with Crippen LogP contribution in [0.15, 0.2) is 121 Å². The average Bonchev–Trinajstić information content (AvgIpc) is 3.29. The van der Waals surface area contributed by atoms with Crippen LogP contribution in [0.4, 0.5) is 0 Å². The lowest BCUT2D eigenvalue weighted by Crippen LogP contribution is -1.85. The molecule has 0 N–H and O–H groups in total. The van der Waals surface area contributed by atoms with Crippen LogP contribution < -0.4 is 0 Å². The van der Waals surface area contributed by atoms with Crippen molar-refractivity contribution < 1.29 is 0 Å². The van der Waals surface area contributed by atoms with Gasteiger partial charge < -0.3 is 0 Å². The van der Waals surface area contributed by atoms with Crippen LogP contribution in [0, 0.1) is 0 Å². The first kappa shape index (κ1) is 18.6. The maximum absolute atomic E-state index is 2.33. The SMILES string of the molecule is c1ccc(-c2ccc(-c3ccc4ccccc4c3)c3c2sc2ccc4ccccc4c23)cc1. The Bertz CT molecular complexity index is 1810. The molecule has 33 heavy (non-hydrogen) atoms. The summed E-state index contributed by atoms with van der Waals surface area (Å²) in [7, 11) is 0. The van der Waals surface area contributed by atoms with Gasteiger partial charge in [0.15, 0.2) is 0 Å². The van der Waals surface area contributed by atoms with E-state index in [1.807, 2.05) is 11.3 Å². The Labute approximate surface area is 196 Å². The molecule has 0 aliphatic carbocycles. The Balaban J connectivity index is 1.65. The van der Waals surface area contributed by atoms with E-state index in [0.717, 1.165) is 0 Å². The first-order chi connectivity index (χ1) is 16.4. The van der Waals surface area contributed by atoms with Crippen LogP contribution in [0.25, 0.3) is 64.0 Å². The summed E-state index contributed by atoms with van der Waals surface area (Å²) < 4.78 is 2.70. The lowest BCUT2D eigenvalue weighted by molar-refractivity contribution is 1.66. The second-order valence-corrected chi connectivity index (χ2v) is 9.61. The Morgan fingerprint density at radius 3 is 2.00 bits per heavy atom. The highest BCUT2D eigenvalue weighted by Gasteiger charge is 2.17. The van der Waals surface area contributed by atoms with Gasteiger partial charge >= 0.3 is 0 Å². The van der Waals surface area contributed by atoms with Crippen LogP contribution in [0.3, 0.4) is 0 Å². The lowest BCUT2D eigenvalue weighted by Gasteiger charge is -2.11. The van der Waals surface area contributed by atoms with Gasteiger partial charge in [-0.2, -0.15) is 0 Å². The summed E-state index contributed by atoms with van der Waals surface area (Å²) in [5.74, 6) is 0. The van der Waals surface area contributed by atoms with E-state index < -0.39 is 0 Å².